The number of halogens is 2. The maximum absolute atomic E-state index is 13.6. The lowest BCUT2D eigenvalue weighted by atomic mass is 9.48. The summed E-state index contributed by atoms with van der Waals surface area (Å²) < 4.78 is 26.6. The third kappa shape index (κ3) is 4.31. The van der Waals surface area contributed by atoms with Gasteiger partial charge < -0.3 is 10.6 Å². The molecule has 4 nitrogen and oxygen atoms in total. The molecule has 2 N–H and O–H groups in total. The van der Waals surface area contributed by atoms with Crippen LogP contribution >= 0.6 is 0 Å². The first-order chi connectivity index (χ1) is 13.8. The van der Waals surface area contributed by atoms with Crippen LogP contribution in [0.25, 0.3) is 0 Å². The minimum absolute atomic E-state index is 0.00968. The molecule has 0 aromatic heterocycles. The first kappa shape index (κ1) is 20.3. The number of rotatable bonds is 7. The van der Waals surface area contributed by atoms with Crippen molar-refractivity contribution in [2.75, 3.05) is 6.54 Å². The summed E-state index contributed by atoms with van der Waals surface area (Å²) in [6.45, 7) is 2.43. The molecule has 0 aliphatic heterocycles. The number of carbonyl (C=O) groups excluding carboxylic acids is 2. The smallest absolute Gasteiger partial charge is 0.254 e. The standard InChI is InChI=1S/C23H30F2N2O2/c1-14(23-11-15-7-16(12-23)9-17(8-15)13-23)27-21(28)3-2-6-26-22(29)19-5-4-18(24)10-20(19)25/h4-5,10,14-17H,2-3,6-9,11-13H2,1H3,(H,26,29)(H,27,28)/t14-,15?,16?,17?,23?/m1/s1. The van der Waals surface area contributed by atoms with Gasteiger partial charge in [0.25, 0.3) is 5.91 Å². The van der Waals surface area contributed by atoms with Crippen LogP contribution < -0.4 is 10.6 Å². The number of hydrogen-bond acceptors (Lipinski definition) is 2. The number of carbonyl (C=O) groups is 2. The van der Waals surface area contributed by atoms with Crippen LogP contribution in [0.2, 0.25) is 0 Å². The van der Waals surface area contributed by atoms with Crippen LogP contribution in [0.1, 0.15) is 68.6 Å². The summed E-state index contributed by atoms with van der Waals surface area (Å²) in [7, 11) is 0. The van der Waals surface area contributed by atoms with Crippen LogP contribution in [0.4, 0.5) is 8.78 Å². The van der Waals surface area contributed by atoms with Crippen molar-refractivity contribution in [3.8, 4) is 0 Å². The number of amides is 2. The molecule has 4 bridgehead atoms. The molecule has 2 amide bonds. The SMILES string of the molecule is C[C@@H](NC(=O)CCCNC(=O)c1ccc(F)cc1F)C12CC3CC(CC(C3)C1)C2. The topological polar surface area (TPSA) is 58.2 Å². The van der Waals surface area contributed by atoms with Crippen molar-refractivity contribution >= 4 is 11.8 Å². The highest BCUT2D eigenvalue weighted by Crippen LogP contribution is 2.61. The summed E-state index contributed by atoms with van der Waals surface area (Å²) in [6.07, 6.45) is 8.70. The molecule has 1 aromatic carbocycles. The molecule has 5 rings (SSSR count). The minimum Gasteiger partial charge on any atom is -0.353 e. The molecule has 0 saturated heterocycles. The van der Waals surface area contributed by atoms with Gasteiger partial charge >= 0.3 is 0 Å². The molecule has 1 atom stereocenters. The van der Waals surface area contributed by atoms with Crippen molar-refractivity contribution in [3.63, 3.8) is 0 Å². The maximum atomic E-state index is 13.6. The molecule has 0 heterocycles. The summed E-state index contributed by atoms with van der Waals surface area (Å²) in [5.74, 6) is 0.363. The Hall–Kier alpha value is -1.98. The summed E-state index contributed by atoms with van der Waals surface area (Å²) >= 11 is 0. The monoisotopic (exact) mass is 404 g/mol. The predicted octanol–water partition coefficient (Wildman–Crippen LogP) is 4.20. The highest BCUT2D eigenvalue weighted by molar-refractivity contribution is 5.94. The lowest BCUT2D eigenvalue weighted by Gasteiger charge is -2.59. The molecule has 0 spiro atoms. The van der Waals surface area contributed by atoms with Crippen molar-refractivity contribution in [1.82, 2.24) is 10.6 Å². The third-order valence-electron chi connectivity index (χ3n) is 7.42. The van der Waals surface area contributed by atoms with Crippen LogP contribution in [0.15, 0.2) is 18.2 Å². The van der Waals surface area contributed by atoms with Crippen molar-refractivity contribution in [1.29, 1.82) is 0 Å². The first-order valence-corrected chi connectivity index (χ1v) is 10.9. The zero-order chi connectivity index (χ0) is 20.6. The molecule has 4 fully saturated rings. The van der Waals surface area contributed by atoms with E-state index in [1.807, 2.05) is 0 Å². The molecule has 4 aliphatic rings. The normalized spacial score (nSPS) is 30.8. The summed E-state index contributed by atoms with van der Waals surface area (Å²) in [6, 6.07) is 3.05. The third-order valence-corrected chi connectivity index (χ3v) is 7.42. The van der Waals surface area contributed by atoms with E-state index >= 15 is 0 Å². The average Bonchev–Trinajstić information content (AvgIpc) is 2.64. The van der Waals surface area contributed by atoms with Crippen molar-refractivity contribution in [3.05, 3.63) is 35.4 Å². The van der Waals surface area contributed by atoms with E-state index in [-0.39, 0.29) is 29.5 Å². The van der Waals surface area contributed by atoms with Gasteiger partial charge in [0.1, 0.15) is 11.6 Å². The Labute approximate surface area is 170 Å². The van der Waals surface area contributed by atoms with E-state index in [0.717, 1.165) is 29.9 Å². The fraction of sp³-hybridized carbons (Fsp3) is 0.652. The molecule has 0 radical (unpaired) electrons. The molecule has 0 unspecified atom stereocenters. The van der Waals surface area contributed by atoms with Crippen LogP contribution in [0.5, 0.6) is 0 Å². The van der Waals surface area contributed by atoms with Gasteiger partial charge in [-0.3, -0.25) is 9.59 Å². The molecular formula is C23H30F2N2O2. The van der Waals surface area contributed by atoms with Gasteiger partial charge in [-0.05, 0) is 87.2 Å². The second-order valence-corrected chi connectivity index (χ2v) is 9.55. The van der Waals surface area contributed by atoms with Gasteiger partial charge in [0.15, 0.2) is 0 Å². The van der Waals surface area contributed by atoms with E-state index in [1.54, 1.807) is 0 Å². The van der Waals surface area contributed by atoms with Gasteiger partial charge in [0.2, 0.25) is 5.91 Å². The fourth-order valence-corrected chi connectivity index (χ4v) is 6.39. The van der Waals surface area contributed by atoms with E-state index in [1.165, 1.54) is 38.5 Å². The summed E-state index contributed by atoms with van der Waals surface area (Å²) in [4.78, 5) is 24.4. The Morgan fingerprint density at radius 3 is 2.31 bits per heavy atom. The Balaban J connectivity index is 1.21. The maximum Gasteiger partial charge on any atom is 0.254 e. The minimum atomic E-state index is -0.885. The highest BCUT2D eigenvalue weighted by Gasteiger charge is 2.53. The zero-order valence-electron chi connectivity index (χ0n) is 17.0. The number of nitrogens with one attached hydrogen (secondary N) is 2. The molecule has 29 heavy (non-hydrogen) atoms. The van der Waals surface area contributed by atoms with E-state index in [9.17, 15) is 18.4 Å². The second-order valence-electron chi connectivity index (χ2n) is 9.55. The summed E-state index contributed by atoms with van der Waals surface area (Å²) in [5, 5.41) is 5.81. The van der Waals surface area contributed by atoms with E-state index in [2.05, 4.69) is 17.6 Å². The van der Waals surface area contributed by atoms with Crippen molar-refractivity contribution in [2.45, 2.75) is 64.3 Å². The Morgan fingerprint density at radius 1 is 1.10 bits per heavy atom. The van der Waals surface area contributed by atoms with Crippen LogP contribution in [-0.4, -0.2) is 24.4 Å². The van der Waals surface area contributed by atoms with Gasteiger partial charge in [-0.15, -0.1) is 0 Å². The second kappa shape index (κ2) is 8.04. The average molecular weight is 405 g/mol. The molecule has 6 heteroatoms. The zero-order valence-corrected chi connectivity index (χ0v) is 17.0. The predicted molar refractivity (Wildman–Crippen MR) is 106 cm³/mol. The van der Waals surface area contributed by atoms with E-state index < -0.39 is 17.5 Å². The van der Waals surface area contributed by atoms with E-state index in [4.69, 9.17) is 0 Å². The molecule has 4 aliphatic carbocycles. The Bertz CT molecular complexity index is 760. The number of hydrogen-bond donors (Lipinski definition) is 2. The Morgan fingerprint density at radius 2 is 1.72 bits per heavy atom. The fourth-order valence-electron chi connectivity index (χ4n) is 6.39. The molecular weight excluding hydrogens is 374 g/mol. The number of benzene rings is 1. The molecule has 158 valence electrons. The van der Waals surface area contributed by atoms with Crippen molar-refractivity contribution in [2.24, 2.45) is 23.2 Å². The van der Waals surface area contributed by atoms with Gasteiger partial charge in [-0.2, -0.15) is 0 Å². The van der Waals surface area contributed by atoms with Gasteiger partial charge in [0, 0.05) is 25.1 Å². The highest BCUT2D eigenvalue weighted by atomic mass is 19.1. The van der Waals surface area contributed by atoms with Gasteiger partial charge in [-0.1, -0.05) is 0 Å². The van der Waals surface area contributed by atoms with Crippen molar-refractivity contribution < 1.29 is 18.4 Å². The molecule has 1 aromatic rings. The molecule has 4 saturated carbocycles. The summed E-state index contributed by atoms with van der Waals surface area (Å²) in [5.41, 5.74) is 0.0879. The van der Waals surface area contributed by atoms with Gasteiger partial charge in [-0.25, -0.2) is 8.78 Å². The van der Waals surface area contributed by atoms with Crippen LogP contribution in [-0.2, 0) is 4.79 Å². The van der Waals surface area contributed by atoms with Crippen LogP contribution in [0.3, 0.4) is 0 Å². The van der Waals surface area contributed by atoms with E-state index in [0.29, 0.717) is 18.9 Å². The lowest BCUT2D eigenvalue weighted by Crippen LogP contribution is -2.55. The first-order valence-electron chi connectivity index (χ1n) is 10.9. The largest absolute Gasteiger partial charge is 0.353 e. The van der Waals surface area contributed by atoms with Crippen LogP contribution in [0, 0.1) is 34.8 Å². The van der Waals surface area contributed by atoms with Gasteiger partial charge in [0.05, 0.1) is 5.56 Å². The quantitative estimate of drug-likeness (QED) is 0.670. The lowest BCUT2D eigenvalue weighted by molar-refractivity contribution is -0.126. The Kier molecular flexibility index (Phi) is 5.63.